The molecule has 1 rings (SSSR count). The third-order valence-corrected chi connectivity index (χ3v) is 1.29. The van der Waals surface area contributed by atoms with Gasteiger partial charge < -0.3 is 4.42 Å². The molecule has 0 aromatic carbocycles. The fourth-order valence-corrected chi connectivity index (χ4v) is 0.677. The molecular weight excluding hydrogens is 136 g/mol. The molecule has 0 saturated carbocycles. The summed E-state index contributed by atoms with van der Waals surface area (Å²) in [6.45, 7) is 3.47. The molecule has 4 heteroatoms. The summed E-state index contributed by atoms with van der Waals surface area (Å²) in [5.41, 5.74) is 0. The van der Waals surface area contributed by atoms with Crippen molar-refractivity contribution in [2.45, 2.75) is 5.22 Å². The van der Waals surface area contributed by atoms with Crippen LogP contribution in [-0.2, 0) is 0 Å². The van der Waals surface area contributed by atoms with Gasteiger partial charge in [0.25, 0.3) is 5.22 Å². The fourth-order valence-electron chi connectivity index (χ4n) is 0.385. The molecule has 0 bridgehead atoms. The van der Waals surface area contributed by atoms with Crippen LogP contribution in [0, 0.1) is 0 Å². The van der Waals surface area contributed by atoms with Gasteiger partial charge in [-0.25, -0.2) is 0 Å². The van der Waals surface area contributed by atoms with Crippen molar-refractivity contribution in [1.82, 2.24) is 10.2 Å². The van der Waals surface area contributed by atoms with Crippen molar-refractivity contribution in [1.29, 1.82) is 0 Å². The maximum absolute atomic E-state index is 5.00. The minimum Gasteiger partial charge on any atom is -0.412 e. The van der Waals surface area contributed by atoms with Crippen LogP contribution in [0.5, 0.6) is 0 Å². The second-order valence-corrected chi connectivity index (χ2v) is 2.07. The Balaban J connectivity index is 2.86. The lowest BCUT2D eigenvalue weighted by Crippen LogP contribution is -1.68. The first-order valence-corrected chi connectivity index (χ1v) is 3.59. The third-order valence-electron chi connectivity index (χ3n) is 0.771. The van der Waals surface area contributed by atoms with Crippen LogP contribution in [0.25, 0.3) is 6.08 Å². The Hall–Kier alpha value is -0.770. The molecule has 0 aliphatic rings. The molecule has 1 heterocycles. The van der Waals surface area contributed by atoms with Crippen LogP contribution in [-0.4, -0.2) is 16.5 Å². The highest BCUT2D eigenvalue weighted by Crippen LogP contribution is 2.11. The molecule has 0 saturated heterocycles. The van der Waals surface area contributed by atoms with Crippen molar-refractivity contribution in [2.24, 2.45) is 0 Å². The molecule has 48 valence electrons. The molecule has 0 N–H and O–H groups in total. The van der Waals surface area contributed by atoms with E-state index in [-0.39, 0.29) is 0 Å². The summed E-state index contributed by atoms with van der Waals surface area (Å²) in [7, 11) is 0. The van der Waals surface area contributed by atoms with Gasteiger partial charge in [-0.2, -0.15) is 0 Å². The highest BCUT2D eigenvalue weighted by atomic mass is 32.2. The van der Waals surface area contributed by atoms with Crippen LogP contribution < -0.4 is 0 Å². The Morgan fingerprint density at radius 2 is 2.44 bits per heavy atom. The number of rotatable bonds is 2. The lowest BCUT2D eigenvalue weighted by molar-refractivity contribution is 0.446. The van der Waals surface area contributed by atoms with Crippen LogP contribution in [0.1, 0.15) is 5.89 Å². The highest BCUT2D eigenvalue weighted by Gasteiger charge is 1.97. The van der Waals surface area contributed by atoms with Gasteiger partial charge in [0, 0.05) is 0 Å². The summed E-state index contributed by atoms with van der Waals surface area (Å²) >= 11 is 1.42. The largest absolute Gasteiger partial charge is 0.412 e. The summed E-state index contributed by atoms with van der Waals surface area (Å²) in [6.07, 6.45) is 3.40. The lowest BCUT2D eigenvalue weighted by atomic mass is 10.7. The quantitative estimate of drug-likeness (QED) is 0.585. The molecule has 1 aromatic rings. The summed E-state index contributed by atoms with van der Waals surface area (Å²) in [4.78, 5) is 0. The Kier molecular flexibility index (Phi) is 1.89. The number of aromatic nitrogens is 2. The van der Waals surface area contributed by atoms with Crippen molar-refractivity contribution >= 4 is 17.8 Å². The SMILES string of the molecule is C=Cc1nnc(SC)o1. The molecule has 9 heavy (non-hydrogen) atoms. The zero-order valence-corrected chi connectivity index (χ0v) is 5.81. The number of hydrogen-bond acceptors (Lipinski definition) is 4. The molecule has 0 unspecified atom stereocenters. The van der Waals surface area contributed by atoms with Gasteiger partial charge in [0.1, 0.15) is 0 Å². The molecule has 1 aromatic heterocycles. The van der Waals surface area contributed by atoms with E-state index in [1.54, 1.807) is 0 Å². The van der Waals surface area contributed by atoms with Crippen molar-refractivity contribution in [3.63, 3.8) is 0 Å². The summed E-state index contributed by atoms with van der Waals surface area (Å²) in [6, 6.07) is 0. The monoisotopic (exact) mass is 142 g/mol. The molecule has 0 atom stereocenters. The van der Waals surface area contributed by atoms with Crippen LogP contribution >= 0.6 is 11.8 Å². The van der Waals surface area contributed by atoms with E-state index < -0.39 is 0 Å². The molecule has 0 radical (unpaired) electrons. The Labute approximate surface area is 57.2 Å². The molecule has 0 amide bonds. The van der Waals surface area contributed by atoms with Gasteiger partial charge in [0.05, 0.1) is 0 Å². The van der Waals surface area contributed by atoms with Crippen LogP contribution in [0.3, 0.4) is 0 Å². The topological polar surface area (TPSA) is 38.9 Å². The van der Waals surface area contributed by atoms with Crippen LogP contribution in [0.2, 0.25) is 0 Å². The fraction of sp³-hybridized carbons (Fsp3) is 0.200. The van der Waals surface area contributed by atoms with E-state index in [0.29, 0.717) is 11.1 Å². The second-order valence-electron chi connectivity index (χ2n) is 1.31. The van der Waals surface area contributed by atoms with Crippen molar-refractivity contribution in [2.75, 3.05) is 6.26 Å². The van der Waals surface area contributed by atoms with Crippen molar-refractivity contribution in [3.05, 3.63) is 12.5 Å². The molecule has 0 aliphatic carbocycles. The number of thioether (sulfide) groups is 1. The Morgan fingerprint density at radius 1 is 1.67 bits per heavy atom. The van der Waals surface area contributed by atoms with E-state index in [1.807, 2.05) is 6.26 Å². The normalized spacial score (nSPS) is 9.44. The first-order valence-electron chi connectivity index (χ1n) is 2.36. The summed E-state index contributed by atoms with van der Waals surface area (Å²) in [5, 5.41) is 7.90. The minimum atomic E-state index is 0.472. The third kappa shape index (κ3) is 1.32. The number of hydrogen-bond donors (Lipinski definition) is 0. The highest BCUT2D eigenvalue weighted by molar-refractivity contribution is 7.98. The van der Waals surface area contributed by atoms with E-state index >= 15 is 0 Å². The maximum Gasteiger partial charge on any atom is 0.276 e. The van der Waals surface area contributed by atoms with E-state index in [9.17, 15) is 0 Å². The van der Waals surface area contributed by atoms with E-state index in [2.05, 4.69) is 16.8 Å². The van der Waals surface area contributed by atoms with Crippen molar-refractivity contribution in [3.8, 4) is 0 Å². The Morgan fingerprint density at radius 3 is 2.78 bits per heavy atom. The smallest absolute Gasteiger partial charge is 0.276 e. The summed E-state index contributed by atoms with van der Waals surface area (Å²) in [5.74, 6) is 0.472. The van der Waals surface area contributed by atoms with Gasteiger partial charge in [0.15, 0.2) is 0 Å². The Bertz CT molecular complexity index is 208. The average molecular weight is 142 g/mol. The predicted octanol–water partition coefficient (Wildman–Crippen LogP) is 1.43. The van der Waals surface area contributed by atoms with E-state index in [4.69, 9.17) is 4.42 Å². The number of nitrogens with zero attached hydrogens (tertiary/aromatic N) is 2. The van der Waals surface area contributed by atoms with Gasteiger partial charge in [-0.3, -0.25) is 0 Å². The minimum absolute atomic E-state index is 0.472. The first kappa shape index (κ1) is 6.35. The van der Waals surface area contributed by atoms with E-state index in [1.165, 1.54) is 17.8 Å². The predicted molar refractivity (Wildman–Crippen MR) is 36.2 cm³/mol. The van der Waals surface area contributed by atoms with E-state index in [0.717, 1.165) is 0 Å². The lowest BCUT2D eigenvalue weighted by Gasteiger charge is -1.78. The summed E-state index contributed by atoms with van der Waals surface area (Å²) < 4.78 is 5.00. The molecule has 3 nitrogen and oxygen atoms in total. The zero-order valence-electron chi connectivity index (χ0n) is 5.00. The van der Waals surface area contributed by atoms with Gasteiger partial charge in [-0.05, 0) is 12.3 Å². The van der Waals surface area contributed by atoms with Crippen LogP contribution in [0.15, 0.2) is 16.2 Å². The second kappa shape index (κ2) is 2.68. The van der Waals surface area contributed by atoms with Gasteiger partial charge in [-0.1, -0.05) is 18.3 Å². The first-order chi connectivity index (χ1) is 4.36. The van der Waals surface area contributed by atoms with Gasteiger partial charge in [-0.15, -0.1) is 10.2 Å². The maximum atomic E-state index is 5.00. The molecular formula is C5H6N2OS. The van der Waals surface area contributed by atoms with Crippen molar-refractivity contribution < 1.29 is 4.42 Å². The average Bonchev–Trinajstić information content (AvgIpc) is 2.34. The van der Waals surface area contributed by atoms with Gasteiger partial charge >= 0.3 is 0 Å². The molecule has 0 fully saturated rings. The molecule has 0 spiro atoms. The van der Waals surface area contributed by atoms with Gasteiger partial charge in [0.2, 0.25) is 5.89 Å². The molecule has 0 aliphatic heterocycles. The van der Waals surface area contributed by atoms with Crippen LogP contribution in [0.4, 0.5) is 0 Å². The zero-order chi connectivity index (χ0) is 6.69. The standard InChI is InChI=1S/C5H6N2OS/c1-3-4-6-7-5(8-4)9-2/h3H,1H2,2H3.